The van der Waals surface area contributed by atoms with E-state index in [0.29, 0.717) is 22.8 Å². The summed E-state index contributed by atoms with van der Waals surface area (Å²) >= 11 is 5.35. The summed E-state index contributed by atoms with van der Waals surface area (Å²) < 4.78 is 7.68. The van der Waals surface area contributed by atoms with Crippen LogP contribution < -0.4 is 4.74 Å². The zero-order valence-electron chi connectivity index (χ0n) is 11.3. The summed E-state index contributed by atoms with van der Waals surface area (Å²) in [4.78, 5) is 7.56. The van der Waals surface area contributed by atoms with Crippen molar-refractivity contribution in [2.45, 2.75) is 6.54 Å². The van der Waals surface area contributed by atoms with Gasteiger partial charge in [-0.25, -0.2) is 0 Å². The molecule has 0 aliphatic carbocycles. The van der Waals surface area contributed by atoms with Crippen molar-refractivity contribution in [1.29, 1.82) is 5.26 Å². The topological polar surface area (TPSA) is 66.6 Å². The number of aromatic nitrogens is 3. The first kappa shape index (κ1) is 13.3. The fourth-order valence-electron chi connectivity index (χ4n) is 2.14. The average molecular weight is 296 g/mol. The van der Waals surface area contributed by atoms with Crippen LogP contribution in [0.3, 0.4) is 0 Å². The molecule has 2 heterocycles. The van der Waals surface area contributed by atoms with Gasteiger partial charge in [-0.2, -0.15) is 10.2 Å². The summed E-state index contributed by atoms with van der Waals surface area (Å²) in [5.41, 5.74) is 3.31. The highest BCUT2D eigenvalue weighted by Gasteiger charge is 2.08. The van der Waals surface area contributed by atoms with Crippen LogP contribution in [0.5, 0.6) is 5.88 Å². The van der Waals surface area contributed by atoms with Gasteiger partial charge in [0.25, 0.3) is 0 Å². The van der Waals surface area contributed by atoms with Gasteiger partial charge in [0.05, 0.1) is 30.8 Å². The third-order valence-electron chi connectivity index (χ3n) is 3.22. The standard InChI is InChI=1S/C15H12N4OS/c1-20-13-7-6-12-14(18-13)19(15(21)17-12)9-11-4-2-10(8-16)3-5-11/h2-7H,9H2,1H3,(H,17,21). The normalized spacial score (nSPS) is 10.5. The third kappa shape index (κ3) is 2.51. The van der Waals surface area contributed by atoms with Crippen LogP contribution >= 0.6 is 12.2 Å². The molecule has 3 aromatic rings. The Hall–Kier alpha value is -2.65. The van der Waals surface area contributed by atoms with E-state index in [1.807, 2.05) is 22.8 Å². The quantitative estimate of drug-likeness (QED) is 0.754. The molecule has 0 saturated carbocycles. The van der Waals surface area contributed by atoms with Crippen molar-refractivity contribution in [2.75, 3.05) is 7.11 Å². The molecule has 21 heavy (non-hydrogen) atoms. The number of nitrogens with zero attached hydrogens (tertiary/aromatic N) is 3. The molecule has 0 aliphatic rings. The van der Waals surface area contributed by atoms with E-state index in [0.717, 1.165) is 16.7 Å². The van der Waals surface area contributed by atoms with Gasteiger partial charge in [0, 0.05) is 6.07 Å². The molecular weight excluding hydrogens is 284 g/mol. The number of hydrogen-bond donors (Lipinski definition) is 1. The van der Waals surface area contributed by atoms with Crippen molar-refractivity contribution in [3.05, 3.63) is 52.3 Å². The zero-order chi connectivity index (χ0) is 14.8. The number of pyridine rings is 1. The maximum absolute atomic E-state index is 8.83. The van der Waals surface area contributed by atoms with E-state index in [1.54, 1.807) is 25.3 Å². The molecule has 104 valence electrons. The van der Waals surface area contributed by atoms with Crippen molar-refractivity contribution >= 4 is 23.4 Å². The Balaban J connectivity index is 2.04. The molecule has 0 atom stereocenters. The summed E-state index contributed by atoms with van der Waals surface area (Å²) in [6, 6.07) is 13.2. The lowest BCUT2D eigenvalue weighted by Gasteiger charge is -2.05. The lowest BCUT2D eigenvalue weighted by molar-refractivity contribution is 0.399. The Labute approximate surface area is 126 Å². The smallest absolute Gasteiger partial charge is 0.215 e. The minimum Gasteiger partial charge on any atom is -0.481 e. The van der Waals surface area contributed by atoms with Crippen molar-refractivity contribution in [1.82, 2.24) is 14.5 Å². The van der Waals surface area contributed by atoms with Crippen molar-refractivity contribution in [3.63, 3.8) is 0 Å². The maximum atomic E-state index is 8.83. The number of aromatic amines is 1. The van der Waals surface area contributed by atoms with E-state index < -0.39 is 0 Å². The molecule has 1 aromatic carbocycles. The van der Waals surface area contributed by atoms with Crippen molar-refractivity contribution in [2.24, 2.45) is 0 Å². The Kier molecular flexibility index (Phi) is 3.42. The van der Waals surface area contributed by atoms with E-state index in [4.69, 9.17) is 22.2 Å². The highest BCUT2D eigenvalue weighted by molar-refractivity contribution is 7.71. The van der Waals surface area contributed by atoms with Gasteiger partial charge >= 0.3 is 0 Å². The van der Waals surface area contributed by atoms with Gasteiger partial charge in [-0.05, 0) is 36.0 Å². The highest BCUT2D eigenvalue weighted by atomic mass is 32.1. The fourth-order valence-corrected chi connectivity index (χ4v) is 2.40. The number of nitriles is 1. The summed E-state index contributed by atoms with van der Waals surface area (Å²) in [5.74, 6) is 0.546. The second-order valence-electron chi connectivity index (χ2n) is 4.55. The lowest BCUT2D eigenvalue weighted by atomic mass is 10.1. The Bertz CT molecular complexity index is 887. The number of imidazole rings is 1. The third-order valence-corrected chi connectivity index (χ3v) is 3.55. The predicted molar refractivity (Wildman–Crippen MR) is 81.7 cm³/mol. The van der Waals surface area contributed by atoms with E-state index >= 15 is 0 Å². The molecule has 3 rings (SSSR count). The fraction of sp³-hybridized carbons (Fsp3) is 0.133. The van der Waals surface area contributed by atoms with Gasteiger partial charge < -0.3 is 9.72 Å². The van der Waals surface area contributed by atoms with E-state index in [-0.39, 0.29) is 0 Å². The van der Waals surface area contributed by atoms with Crippen LogP contribution in [0.2, 0.25) is 0 Å². The average Bonchev–Trinajstić information content (AvgIpc) is 2.83. The molecule has 1 N–H and O–H groups in total. The second-order valence-corrected chi connectivity index (χ2v) is 4.94. The highest BCUT2D eigenvalue weighted by Crippen LogP contribution is 2.18. The van der Waals surface area contributed by atoms with Gasteiger partial charge in [-0.1, -0.05) is 12.1 Å². The minimum absolute atomic E-state index is 0.546. The molecule has 0 spiro atoms. The number of ether oxygens (including phenoxy) is 1. The van der Waals surface area contributed by atoms with Gasteiger partial charge in [-0.15, -0.1) is 0 Å². The Morgan fingerprint density at radius 3 is 2.71 bits per heavy atom. The van der Waals surface area contributed by atoms with Crippen LogP contribution in [-0.4, -0.2) is 21.6 Å². The number of hydrogen-bond acceptors (Lipinski definition) is 4. The number of benzene rings is 1. The number of rotatable bonds is 3. The molecular formula is C15H12N4OS. The molecule has 0 unspecified atom stereocenters. The molecule has 0 aliphatic heterocycles. The van der Waals surface area contributed by atoms with Gasteiger partial charge in [-0.3, -0.25) is 4.57 Å². The Morgan fingerprint density at radius 1 is 1.29 bits per heavy atom. The molecule has 0 bridgehead atoms. The van der Waals surface area contributed by atoms with Crippen LogP contribution in [-0.2, 0) is 6.54 Å². The molecule has 2 aromatic heterocycles. The minimum atomic E-state index is 0.546. The van der Waals surface area contributed by atoms with Crippen LogP contribution in [0, 0.1) is 16.1 Å². The van der Waals surface area contributed by atoms with Crippen LogP contribution in [0.25, 0.3) is 11.2 Å². The summed E-state index contributed by atoms with van der Waals surface area (Å²) in [5, 5.41) is 8.83. The Morgan fingerprint density at radius 2 is 2.05 bits per heavy atom. The molecule has 5 nitrogen and oxygen atoms in total. The summed E-state index contributed by atoms with van der Waals surface area (Å²) in [6.45, 7) is 0.588. The molecule has 0 radical (unpaired) electrons. The van der Waals surface area contributed by atoms with Gasteiger partial charge in [0.1, 0.15) is 0 Å². The van der Waals surface area contributed by atoms with Gasteiger partial charge in [0.2, 0.25) is 5.88 Å². The number of H-pyrrole nitrogens is 1. The molecule has 6 heteroatoms. The first-order valence-corrected chi connectivity index (χ1v) is 6.74. The first-order chi connectivity index (χ1) is 10.2. The van der Waals surface area contributed by atoms with Crippen LogP contribution in [0.1, 0.15) is 11.1 Å². The predicted octanol–water partition coefficient (Wildman–Crippen LogP) is 3.02. The monoisotopic (exact) mass is 296 g/mol. The summed E-state index contributed by atoms with van der Waals surface area (Å²) in [7, 11) is 1.58. The molecule has 0 amide bonds. The van der Waals surface area contributed by atoms with Gasteiger partial charge in [0.15, 0.2) is 10.4 Å². The van der Waals surface area contributed by atoms with Crippen molar-refractivity contribution in [3.8, 4) is 11.9 Å². The van der Waals surface area contributed by atoms with E-state index in [2.05, 4.69) is 16.0 Å². The van der Waals surface area contributed by atoms with E-state index in [1.165, 1.54) is 0 Å². The van der Waals surface area contributed by atoms with Crippen molar-refractivity contribution < 1.29 is 4.74 Å². The zero-order valence-corrected chi connectivity index (χ0v) is 12.1. The molecule has 0 fully saturated rings. The number of fused-ring (bicyclic) bond motifs is 1. The molecule has 0 saturated heterocycles. The van der Waals surface area contributed by atoms with Crippen LogP contribution in [0.4, 0.5) is 0 Å². The summed E-state index contributed by atoms with van der Waals surface area (Å²) in [6.07, 6.45) is 0. The van der Waals surface area contributed by atoms with E-state index in [9.17, 15) is 0 Å². The first-order valence-electron chi connectivity index (χ1n) is 6.34. The largest absolute Gasteiger partial charge is 0.481 e. The second kappa shape index (κ2) is 5.38. The number of methoxy groups -OCH3 is 1. The maximum Gasteiger partial charge on any atom is 0.215 e. The lowest BCUT2D eigenvalue weighted by Crippen LogP contribution is -2.01. The van der Waals surface area contributed by atoms with Crippen LogP contribution in [0.15, 0.2) is 36.4 Å². The SMILES string of the molecule is COc1ccc2[nH]c(=S)n(Cc3ccc(C#N)cc3)c2n1. The number of nitrogens with one attached hydrogen (secondary N) is 1.